The van der Waals surface area contributed by atoms with E-state index in [9.17, 15) is 9.90 Å². The minimum atomic E-state index is -0.504. The summed E-state index contributed by atoms with van der Waals surface area (Å²) in [5, 5.41) is 10.4. The predicted octanol–water partition coefficient (Wildman–Crippen LogP) is 1.51. The summed E-state index contributed by atoms with van der Waals surface area (Å²) in [5.41, 5.74) is 2.81. The van der Waals surface area contributed by atoms with E-state index in [1.54, 1.807) is 11.1 Å². The molecule has 6 heteroatoms. The summed E-state index contributed by atoms with van der Waals surface area (Å²) >= 11 is 0. The first-order valence-corrected chi connectivity index (χ1v) is 10.0. The number of likely N-dealkylation sites (tertiary alicyclic amines) is 1. The lowest BCUT2D eigenvalue weighted by atomic mass is 10.00. The molecule has 2 aliphatic heterocycles. The maximum atomic E-state index is 12.9. The highest BCUT2D eigenvalue weighted by molar-refractivity contribution is 5.94. The van der Waals surface area contributed by atoms with E-state index in [4.69, 9.17) is 0 Å². The van der Waals surface area contributed by atoms with Gasteiger partial charge in [0.15, 0.2) is 0 Å². The Bertz CT molecular complexity index is 788. The lowest BCUT2D eigenvalue weighted by Crippen LogP contribution is -2.44. The molecule has 2 aliphatic rings. The fraction of sp³-hybridized carbons (Fsp3) is 0.455. The van der Waals surface area contributed by atoms with Crippen molar-refractivity contribution in [2.75, 3.05) is 51.2 Å². The fourth-order valence-electron chi connectivity index (χ4n) is 4.07. The molecule has 6 nitrogen and oxygen atoms in total. The standard InChI is InChI=1S/C22H28N4O2/c1-24-10-12-25(13-11-24)20-7-5-17(6-8-20)22(28)26-15-18(21(27)16-26)14-19-4-2-3-9-23-19/h2-9,18,21,27H,10-16H2,1H3/t18-,21-/m1/s1. The lowest BCUT2D eigenvalue weighted by Gasteiger charge is -2.34. The van der Waals surface area contributed by atoms with E-state index < -0.39 is 6.10 Å². The van der Waals surface area contributed by atoms with Gasteiger partial charge in [-0.1, -0.05) is 6.07 Å². The number of pyridine rings is 1. The van der Waals surface area contributed by atoms with Crippen LogP contribution >= 0.6 is 0 Å². The highest BCUT2D eigenvalue weighted by Gasteiger charge is 2.34. The van der Waals surface area contributed by atoms with Gasteiger partial charge in [0.2, 0.25) is 0 Å². The first-order chi connectivity index (χ1) is 13.6. The number of rotatable bonds is 4. The number of likely N-dealkylation sites (N-methyl/N-ethyl adjacent to an activating group) is 1. The van der Waals surface area contributed by atoms with Gasteiger partial charge in [-0.15, -0.1) is 0 Å². The van der Waals surface area contributed by atoms with Gasteiger partial charge in [0.25, 0.3) is 5.91 Å². The number of carbonyl (C=O) groups is 1. The molecule has 28 heavy (non-hydrogen) atoms. The van der Waals surface area contributed by atoms with Crippen molar-refractivity contribution < 1.29 is 9.90 Å². The molecule has 0 bridgehead atoms. The molecule has 3 heterocycles. The normalized spacial score (nSPS) is 23.2. The molecule has 2 atom stereocenters. The Morgan fingerprint density at radius 2 is 1.82 bits per heavy atom. The number of hydrogen-bond acceptors (Lipinski definition) is 5. The molecule has 148 valence electrons. The van der Waals surface area contributed by atoms with Crippen LogP contribution < -0.4 is 4.90 Å². The van der Waals surface area contributed by atoms with E-state index in [2.05, 4.69) is 21.8 Å². The molecule has 2 aromatic rings. The fourth-order valence-corrected chi connectivity index (χ4v) is 4.07. The summed E-state index contributed by atoms with van der Waals surface area (Å²) in [6.07, 6.45) is 1.95. The first kappa shape index (κ1) is 18.9. The molecule has 2 saturated heterocycles. The van der Waals surface area contributed by atoms with Crippen molar-refractivity contribution in [3.05, 3.63) is 59.9 Å². The number of β-amino-alcohol motifs (C(OH)–C–C–N with tert-alkyl or cyclic N) is 1. The van der Waals surface area contributed by atoms with Crippen LogP contribution in [-0.4, -0.2) is 78.2 Å². The summed E-state index contributed by atoms with van der Waals surface area (Å²) in [7, 11) is 2.14. The summed E-state index contributed by atoms with van der Waals surface area (Å²) in [5.74, 6) is 0.0240. The van der Waals surface area contributed by atoms with Gasteiger partial charge < -0.3 is 19.8 Å². The van der Waals surface area contributed by atoms with E-state index in [-0.39, 0.29) is 11.8 Å². The van der Waals surface area contributed by atoms with Gasteiger partial charge in [0, 0.05) is 68.3 Å². The van der Waals surface area contributed by atoms with E-state index in [1.165, 1.54) is 5.69 Å². The summed E-state index contributed by atoms with van der Waals surface area (Å²) in [6.45, 7) is 5.09. The SMILES string of the molecule is CN1CCN(c2ccc(C(=O)N3C[C@@H](Cc4ccccn4)[C@H](O)C3)cc2)CC1. The quantitative estimate of drug-likeness (QED) is 0.871. The van der Waals surface area contributed by atoms with Crippen molar-refractivity contribution in [3.8, 4) is 0 Å². The third-order valence-corrected chi connectivity index (χ3v) is 5.87. The van der Waals surface area contributed by atoms with E-state index >= 15 is 0 Å². The Morgan fingerprint density at radius 1 is 1.07 bits per heavy atom. The second kappa shape index (κ2) is 8.29. The Balaban J connectivity index is 1.38. The predicted molar refractivity (Wildman–Crippen MR) is 109 cm³/mol. The topological polar surface area (TPSA) is 59.9 Å². The smallest absolute Gasteiger partial charge is 0.253 e. The van der Waals surface area contributed by atoms with Gasteiger partial charge in [0.1, 0.15) is 0 Å². The molecule has 0 spiro atoms. The number of aliphatic hydroxyl groups is 1. The Morgan fingerprint density at radius 3 is 2.50 bits per heavy atom. The number of anilines is 1. The molecule has 4 rings (SSSR count). The van der Waals surface area contributed by atoms with Crippen LogP contribution in [0.15, 0.2) is 48.7 Å². The summed E-state index contributed by atoms with van der Waals surface area (Å²) < 4.78 is 0. The van der Waals surface area contributed by atoms with Crippen molar-refractivity contribution in [1.29, 1.82) is 0 Å². The van der Waals surface area contributed by atoms with Gasteiger partial charge in [-0.3, -0.25) is 9.78 Å². The van der Waals surface area contributed by atoms with Crippen LogP contribution in [0.3, 0.4) is 0 Å². The molecule has 0 aliphatic carbocycles. The molecule has 0 unspecified atom stereocenters. The average molecular weight is 380 g/mol. The van der Waals surface area contributed by atoms with Gasteiger partial charge in [-0.2, -0.15) is 0 Å². The molecule has 1 amide bonds. The van der Waals surface area contributed by atoms with Gasteiger partial charge in [0.05, 0.1) is 6.10 Å². The Labute approximate surface area is 166 Å². The van der Waals surface area contributed by atoms with Crippen LogP contribution in [0.25, 0.3) is 0 Å². The zero-order valence-corrected chi connectivity index (χ0v) is 16.4. The maximum absolute atomic E-state index is 12.9. The van der Waals surface area contributed by atoms with Crippen LogP contribution in [0.1, 0.15) is 16.1 Å². The van der Waals surface area contributed by atoms with Crippen molar-refractivity contribution >= 4 is 11.6 Å². The minimum Gasteiger partial charge on any atom is -0.391 e. The van der Waals surface area contributed by atoms with Gasteiger partial charge >= 0.3 is 0 Å². The number of hydrogen-bond donors (Lipinski definition) is 1. The van der Waals surface area contributed by atoms with Crippen LogP contribution in [0.5, 0.6) is 0 Å². The number of aliphatic hydroxyl groups excluding tert-OH is 1. The number of benzene rings is 1. The van der Waals surface area contributed by atoms with Gasteiger partial charge in [-0.25, -0.2) is 0 Å². The van der Waals surface area contributed by atoms with Crippen LogP contribution in [0.2, 0.25) is 0 Å². The molecule has 0 saturated carbocycles. The minimum absolute atomic E-state index is 0.00695. The zero-order valence-electron chi connectivity index (χ0n) is 16.4. The molecular weight excluding hydrogens is 352 g/mol. The highest BCUT2D eigenvalue weighted by atomic mass is 16.3. The van der Waals surface area contributed by atoms with Crippen molar-refractivity contribution in [3.63, 3.8) is 0 Å². The molecule has 0 radical (unpaired) electrons. The molecule has 2 fully saturated rings. The largest absolute Gasteiger partial charge is 0.391 e. The van der Waals surface area contributed by atoms with Crippen LogP contribution in [-0.2, 0) is 6.42 Å². The molecule has 1 aromatic carbocycles. The number of aromatic nitrogens is 1. The van der Waals surface area contributed by atoms with Crippen molar-refractivity contribution in [2.24, 2.45) is 5.92 Å². The second-order valence-corrected chi connectivity index (χ2v) is 7.90. The number of piperazine rings is 1. The van der Waals surface area contributed by atoms with E-state index in [1.807, 2.05) is 42.5 Å². The lowest BCUT2D eigenvalue weighted by molar-refractivity contribution is 0.0764. The number of carbonyl (C=O) groups excluding carboxylic acids is 1. The van der Waals surface area contributed by atoms with E-state index in [0.717, 1.165) is 31.9 Å². The van der Waals surface area contributed by atoms with Gasteiger partial charge in [-0.05, 0) is 49.9 Å². The average Bonchev–Trinajstić information content (AvgIpc) is 3.09. The third kappa shape index (κ3) is 4.18. The van der Waals surface area contributed by atoms with Crippen LogP contribution in [0.4, 0.5) is 5.69 Å². The molecule has 1 N–H and O–H groups in total. The first-order valence-electron chi connectivity index (χ1n) is 10.0. The Kier molecular flexibility index (Phi) is 5.59. The number of amides is 1. The second-order valence-electron chi connectivity index (χ2n) is 7.90. The summed E-state index contributed by atoms with van der Waals surface area (Å²) in [4.78, 5) is 23.7. The Hall–Kier alpha value is -2.44. The highest BCUT2D eigenvalue weighted by Crippen LogP contribution is 2.24. The molecular formula is C22H28N4O2. The third-order valence-electron chi connectivity index (χ3n) is 5.87. The maximum Gasteiger partial charge on any atom is 0.253 e. The number of nitrogens with zero attached hydrogens (tertiary/aromatic N) is 4. The van der Waals surface area contributed by atoms with Crippen LogP contribution in [0, 0.1) is 5.92 Å². The van der Waals surface area contributed by atoms with Crippen molar-refractivity contribution in [2.45, 2.75) is 12.5 Å². The monoisotopic (exact) mass is 380 g/mol. The summed E-state index contributed by atoms with van der Waals surface area (Å²) in [6, 6.07) is 13.7. The molecule has 1 aromatic heterocycles. The van der Waals surface area contributed by atoms with Crippen molar-refractivity contribution in [1.82, 2.24) is 14.8 Å². The van der Waals surface area contributed by atoms with E-state index in [0.29, 0.717) is 25.1 Å². The zero-order chi connectivity index (χ0) is 19.5.